The average Bonchev–Trinajstić information content (AvgIpc) is 0. The fraction of sp³-hybridized carbons (Fsp3) is 0. The number of rotatable bonds is 0. The minimum atomic E-state index is 0. The summed E-state index contributed by atoms with van der Waals surface area (Å²) in [6, 6.07) is 0. The molecule has 0 nitrogen and oxygen atoms in total. The first kappa shape index (κ1) is 28.8. The van der Waals surface area contributed by atoms with Gasteiger partial charge in [0.2, 0.25) is 0 Å². The van der Waals surface area contributed by atoms with Gasteiger partial charge in [0, 0.05) is 63.2 Å². The largest absolute Gasteiger partial charge is 0 e. The van der Waals surface area contributed by atoms with Crippen LogP contribution in [0.4, 0.5) is 0 Å². The summed E-state index contributed by atoms with van der Waals surface area (Å²) in [5.41, 5.74) is 0. The van der Waals surface area contributed by atoms with Gasteiger partial charge in [0.1, 0.15) is 0 Å². The molecule has 0 unspecified atom stereocenters. The molecule has 4 heteroatoms. The topological polar surface area (TPSA) is 0 Å². The van der Waals surface area contributed by atoms with E-state index >= 15 is 0 Å². The Morgan fingerprint density at radius 1 is 0.500 bits per heavy atom. The first-order valence-corrected chi connectivity index (χ1v) is 0. The van der Waals surface area contributed by atoms with Crippen LogP contribution in [0.2, 0.25) is 0 Å². The zero-order valence-corrected chi connectivity index (χ0v) is 14.8. The van der Waals surface area contributed by atoms with Crippen molar-refractivity contribution < 1.29 is 63.2 Å². The average molecular weight is 672 g/mol. The molecule has 0 aromatic carbocycles. The molecule has 0 saturated heterocycles. The van der Waals surface area contributed by atoms with E-state index in [1.165, 1.54) is 0 Å². The van der Waals surface area contributed by atoms with Gasteiger partial charge in [-0.05, 0) is 0 Å². The summed E-state index contributed by atoms with van der Waals surface area (Å²) in [4.78, 5) is 0. The van der Waals surface area contributed by atoms with Crippen LogP contribution in [0.15, 0.2) is 0 Å². The molecule has 4 heavy (non-hydrogen) atoms. The van der Waals surface area contributed by atoms with E-state index in [9.17, 15) is 0 Å². The van der Waals surface area contributed by atoms with Crippen molar-refractivity contribution in [3.63, 3.8) is 0 Å². The Morgan fingerprint density at radius 2 is 0.500 bits per heavy atom. The molecule has 0 saturated carbocycles. The van der Waals surface area contributed by atoms with E-state index in [-0.39, 0.29) is 87.1 Å². The second-order valence-electron chi connectivity index (χ2n) is 0. The van der Waals surface area contributed by atoms with Gasteiger partial charge < -0.3 is 0 Å². The van der Waals surface area contributed by atoms with E-state index in [0.717, 1.165) is 0 Å². The van der Waals surface area contributed by atoms with E-state index in [0.29, 0.717) is 0 Å². The molecular weight excluding hydrogens is 670 g/mol. The van der Waals surface area contributed by atoms with Crippen LogP contribution < -0.4 is 0 Å². The third-order valence-electron chi connectivity index (χ3n) is 0. The first-order chi connectivity index (χ1) is 0. The molecule has 0 aliphatic rings. The molecule has 0 amide bonds. The monoisotopic (exact) mass is 674 g/mol. The van der Waals surface area contributed by atoms with Crippen LogP contribution in [0.1, 0.15) is 0 Å². The summed E-state index contributed by atoms with van der Waals surface area (Å²) >= 11 is 0. The number of hydrogen-bond acceptors (Lipinski definition) is 0. The van der Waals surface area contributed by atoms with E-state index in [1.807, 2.05) is 0 Å². The molecule has 0 aliphatic heterocycles. The zero-order chi connectivity index (χ0) is 0. The maximum absolute atomic E-state index is 0. The van der Waals surface area contributed by atoms with Crippen LogP contribution in [0.3, 0.4) is 0 Å². The van der Waals surface area contributed by atoms with Crippen LogP contribution in [0, 0.1) is 0 Å². The van der Waals surface area contributed by atoms with E-state index < -0.39 is 0 Å². The predicted molar refractivity (Wildman–Crippen MR) is 8.54 cm³/mol. The SMILES string of the molecule is [SnH2].[W].[W].[W]. The minimum absolute atomic E-state index is 0. The summed E-state index contributed by atoms with van der Waals surface area (Å²) in [5.74, 6) is 0. The van der Waals surface area contributed by atoms with Gasteiger partial charge in [0.25, 0.3) is 0 Å². The molecule has 0 rings (SSSR count). The molecule has 0 N–H and O–H groups in total. The summed E-state index contributed by atoms with van der Waals surface area (Å²) in [6.45, 7) is 0. The fourth-order valence-electron chi connectivity index (χ4n) is 0. The second-order valence-corrected chi connectivity index (χ2v) is 0. The van der Waals surface area contributed by atoms with Crippen molar-refractivity contribution >= 4 is 23.9 Å². The van der Waals surface area contributed by atoms with Gasteiger partial charge in [0.15, 0.2) is 0 Å². The zero-order valence-electron chi connectivity index (χ0n) is 1.93. The molecule has 0 aliphatic carbocycles. The van der Waals surface area contributed by atoms with Crippen LogP contribution in [0.25, 0.3) is 0 Å². The van der Waals surface area contributed by atoms with Crippen molar-refractivity contribution in [2.75, 3.05) is 0 Å². The summed E-state index contributed by atoms with van der Waals surface area (Å²) in [7, 11) is 0. The maximum atomic E-state index is 0. The van der Waals surface area contributed by atoms with Crippen LogP contribution in [-0.2, 0) is 63.2 Å². The molecule has 2 radical (unpaired) electrons. The van der Waals surface area contributed by atoms with Crippen molar-refractivity contribution in [3.05, 3.63) is 0 Å². The molecule has 0 atom stereocenters. The third kappa shape index (κ3) is 8.85. The minimum Gasteiger partial charge on any atom is 0 e. The molecule has 0 aromatic heterocycles. The van der Waals surface area contributed by atoms with Gasteiger partial charge in [-0.15, -0.1) is 0 Å². The summed E-state index contributed by atoms with van der Waals surface area (Å²) in [6.07, 6.45) is 0. The quantitative estimate of drug-likeness (QED) is 0.293. The van der Waals surface area contributed by atoms with Crippen molar-refractivity contribution in [1.29, 1.82) is 0 Å². The standard InChI is InChI=1S/Sn.3W.2H. The molecular formula is H2SnW3. The third-order valence-corrected chi connectivity index (χ3v) is 0. The van der Waals surface area contributed by atoms with Crippen molar-refractivity contribution in [2.24, 2.45) is 0 Å². The molecule has 0 bridgehead atoms. The molecule has 0 spiro atoms. The van der Waals surface area contributed by atoms with E-state index in [2.05, 4.69) is 0 Å². The Labute approximate surface area is 85.6 Å². The van der Waals surface area contributed by atoms with Gasteiger partial charge in [-0.25, -0.2) is 0 Å². The van der Waals surface area contributed by atoms with Gasteiger partial charge in [-0.1, -0.05) is 0 Å². The molecule has 24 valence electrons. The Hall–Kier alpha value is 2.86. The Kier molecular flexibility index (Phi) is 122. The summed E-state index contributed by atoms with van der Waals surface area (Å²) < 4.78 is 0. The van der Waals surface area contributed by atoms with E-state index in [1.54, 1.807) is 0 Å². The van der Waals surface area contributed by atoms with Gasteiger partial charge in [-0.2, -0.15) is 0 Å². The van der Waals surface area contributed by atoms with Crippen LogP contribution in [-0.4, -0.2) is 23.9 Å². The number of hydrogen-bond donors (Lipinski definition) is 0. The normalized spacial score (nSPS) is 0. The Bertz CT molecular complexity index is 3.25. The van der Waals surface area contributed by atoms with Crippen LogP contribution >= 0.6 is 0 Å². The molecule has 0 fully saturated rings. The van der Waals surface area contributed by atoms with Gasteiger partial charge in [0.05, 0.1) is 0 Å². The summed E-state index contributed by atoms with van der Waals surface area (Å²) in [5, 5.41) is 0. The maximum Gasteiger partial charge on any atom is 0 e. The first-order valence-electron chi connectivity index (χ1n) is 0. The van der Waals surface area contributed by atoms with Crippen molar-refractivity contribution in [1.82, 2.24) is 0 Å². The second kappa shape index (κ2) is 16.9. The van der Waals surface area contributed by atoms with Crippen LogP contribution in [0.5, 0.6) is 0 Å². The smallest absolute Gasteiger partial charge is 0 e. The van der Waals surface area contributed by atoms with Crippen molar-refractivity contribution in [2.45, 2.75) is 0 Å². The Morgan fingerprint density at radius 3 is 0.500 bits per heavy atom. The predicted octanol–water partition coefficient (Wildman–Crippen LogP) is -0.924. The van der Waals surface area contributed by atoms with Crippen molar-refractivity contribution in [3.8, 4) is 0 Å². The molecule has 0 aromatic rings. The molecule has 0 heterocycles. The Balaban J connectivity index is 0. The van der Waals surface area contributed by atoms with Gasteiger partial charge >= 0.3 is 23.9 Å². The van der Waals surface area contributed by atoms with E-state index in [4.69, 9.17) is 0 Å². The fourth-order valence-corrected chi connectivity index (χ4v) is 0. The van der Waals surface area contributed by atoms with Gasteiger partial charge in [-0.3, -0.25) is 0 Å².